The van der Waals surface area contributed by atoms with E-state index < -0.39 is 32.3 Å². The van der Waals surface area contributed by atoms with Crippen molar-refractivity contribution in [2.75, 3.05) is 50.2 Å². The molecule has 3 unspecified atom stereocenters. The monoisotopic (exact) mass is 857 g/mol. The van der Waals surface area contributed by atoms with Gasteiger partial charge in [0.05, 0.1) is 64.1 Å². The molecule has 3 aliphatic rings. The van der Waals surface area contributed by atoms with Crippen LogP contribution in [0.2, 0.25) is 10.0 Å². The Labute approximate surface area is 338 Å². The zero-order valence-corrected chi connectivity index (χ0v) is 35.6. The Bertz CT molecular complexity index is 2190. The standard InChI is InChI=1S/C12H15ClN4.C11H12ClN5.2C6H13NO3S/c1-2-12(4-3-5-12)10-6-8(13)9-7-15-11(14)16-17(9)10;1-3-6(2)10-7(4-13)9(12)8-5-15-11(14)16-17(8)10;2*1-11(9,10)7-4-2-3-6(8)5-7/h6-7H,2-5H2,1H3,(H2,14,16);5-6H,3H2,1-2H3,(H2,14,16);2*6,8H,2-5H2,1H3. The van der Waals surface area contributed by atoms with Gasteiger partial charge in [0, 0.05) is 31.6 Å². The van der Waals surface area contributed by atoms with Crippen molar-refractivity contribution in [2.24, 2.45) is 0 Å². The molecular formula is C35H53Cl2N11O6S2. The summed E-state index contributed by atoms with van der Waals surface area (Å²) >= 11 is 12.4. The first-order valence-corrected chi connectivity index (χ1v) is 23.0. The lowest BCUT2D eigenvalue weighted by atomic mass is 9.65. The first kappa shape index (κ1) is 45.4. The van der Waals surface area contributed by atoms with E-state index in [1.807, 2.05) is 24.4 Å². The summed E-state index contributed by atoms with van der Waals surface area (Å²) in [5, 5.41) is 37.0. The molecular weight excluding hydrogens is 805 g/mol. The van der Waals surface area contributed by atoms with Gasteiger partial charge in [0.25, 0.3) is 0 Å². The van der Waals surface area contributed by atoms with Gasteiger partial charge in [-0.1, -0.05) is 50.4 Å². The third-order valence-electron chi connectivity index (χ3n) is 10.5. The highest BCUT2D eigenvalue weighted by molar-refractivity contribution is 7.88. The van der Waals surface area contributed by atoms with E-state index in [0.29, 0.717) is 47.1 Å². The van der Waals surface area contributed by atoms with E-state index in [9.17, 15) is 22.1 Å². The van der Waals surface area contributed by atoms with Crippen molar-refractivity contribution < 1.29 is 27.0 Å². The summed E-state index contributed by atoms with van der Waals surface area (Å²) < 4.78 is 49.9. The quantitative estimate of drug-likeness (QED) is 0.215. The van der Waals surface area contributed by atoms with Gasteiger partial charge in [0.15, 0.2) is 0 Å². The Morgan fingerprint density at radius 3 is 1.79 bits per heavy atom. The molecule has 0 amide bonds. The largest absolute Gasteiger partial charge is 0.392 e. The predicted molar refractivity (Wildman–Crippen MR) is 217 cm³/mol. The second-order valence-electron chi connectivity index (χ2n) is 14.5. The predicted octanol–water partition coefficient (Wildman–Crippen LogP) is 3.95. The number of anilines is 2. The first-order valence-electron chi connectivity index (χ1n) is 18.6. The second kappa shape index (κ2) is 18.9. The van der Waals surface area contributed by atoms with E-state index in [1.54, 1.807) is 10.7 Å². The molecule has 17 nitrogen and oxygen atoms in total. The van der Waals surface area contributed by atoms with Crippen molar-refractivity contribution in [3.05, 3.63) is 45.5 Å². The number of aromatic nitrogens is 6. The number of aliphatic hydroxyl groups is 2. The van der Waals surface area contributed by atoms with Crippen LogP contribution in [0.25, 0.3) is 11.0 Å². The fourth-order valence-corrected chi connectivity index (χ4v) is 9.29. The van der Waals surface area contributed by atoms with Crippen LogP contribution in [-0.2, 0) is 25.5 Å². The van der Waals surface area contributed by atoms with Gasteiger partial charge >= 0.3 is 0 Å². The molecule has 56 heavy (non-hydrogen) atoms. The normalized spacial score (nSPS) is 20.6. The summed E-state index contributed by atoms with van der Waals surface area (Å²) in [4.78, 5) is 7.89. The Morgan fingerprint density at radius 1 is 0.893 bits per heavy atom. The van der Waals surface area contributed by atoms with E-state index >= 15 is 0 Å². The van der Waals surface area contributed by atoms with Crippen LogP contribution in [0.5, 0.6) is 0 Å². The molecule has 0 aromatic carbocycles. The summed E-state index contributed by atoms with van der Waals surface area (Å²) in [5.41, 5.74) is 15.4. The molecule has 3 fully saturated rings. The van der Waals surface area contributed by atoms with Gasteiger partial charge in [0.1, 0.15) is 17.1 Å². The average Bonchev–Trinajstić information content (AvgIpc) is 3.59. The number of nitriles is 1. The van der Waals surface area contributed by atoms with Crippen LogP contribution in [-0.4, -0.2) is 116 Å². The van der Waals surface area contributed by atoms with Crippen molar-refractivity contribution in [1.82, 2.24) is 37.8 Å². The third kappa shape index (κ3) is 10.8. The molecule has 0 radical (unpaired) electrons. The zero-order chi connectivity index (χ0) is 41.6. The van der Waals surface area contributed by atoms with E-state index in [-0.39, 0.29) is 36.3 Å². The van der Waals surface area contributed by atoms with Crippen LogP contribution in [0.15, 0.2) is 18.5 Å². The lowest BCUT2D eigenvalue weighted by molar-refractivity contribution is 0.108. The summed E-state index contributed by atoms with van der Waals surface area (Å²) in [6.45, 7) is 7.92. The highest BCUT2D eigenvalue weighted by atomic mass is 35.5. The van der Waals surface area contributed by atoms with Crippen LogP contribution < -0.4 is 11.5 Å². The van der Waals surface area contributed by atoms with Gasteiger partial charge < -0.3 is 21.7 Å². The second-order valence-corrected chi connectivity index (χ2v) is 19.3. The number of nitrogens with zero attached hydrogens (tertiary/aromatic N) is 9. The number of sulfonamides is 2. The number of rotatable bonds is 6. The molecule has 4 aromatic rings. The zero-order valence-electron chi connectivity index (χ0n) is 32.4. The van der Waals surface area contributed by atoms with Gasteiger partial charge in [0.2, 0.25) is 31.9 Å². The van der Waals surface area contributed by atoms with Crippen LogP contribution in [0.4, 0.5) is 11.9 Å². The van der Waals surface area contributed by atoms with E-state index in [4.69, 9.17) is 44.9 Å². The van der Waals surface area contributed by atoms with Crippen molar-refractivity contribution in [3.8, 4) is 6.07 Å². The molecule has 3 atom stereocenters. The number of fused-ring (bicyclic) bond motifs is 2. The molecule has 4 aromatic heterocycles. The number of hydrogen-bond acceptors (Lipinski definition) is 13. The molecule has 310 valence electrons. The fourth-order valence-electron chi connectivity index (χ4n) is 6.98. The Balaban J connectivity index is 0.000000170. The lowest BCUT2D eigenvalue weighted by Gasteiger charge is -2.40. The minimum atomic E-state index is -3.09. The van der Waals surface area contributed by atoms with E-state index in [2.05, 4.69) is 33.2 Å². The Hall–Kier alpha value is -3.35. The molecule has 1 saturated carbocycles. The Morgan fingerprint density at radius 2 is 1.39 bits per heavy atom. The van der Waals surface area contributed by atoms with Gasteiger partial charge in [-0.25, -0.2) is 35.8 Å². The minimum absolute atomic E-state index is 0.165. The van der Waals surface area contributed by atoms with Gasteiger partial charge in [-0.15, -0.1) is 10.2 Å². The minimum Gasteiger partial charge on any atom is -0.392 e. The Kier molecular flexibility index (Phi) is 15.3. The van der Waals surface area contributed by atoms with Crippen LogP contribution in [0.3, 0.4) is 0 Å². The SMILES string of the molecule is CCC(C)c1c(C#N)c(Cl)c2cnc(N)nn12.CCC1(c2cc(Cl)c3cnc(N)nn23)CCC1.CS(=O)(=O)N1CCCC(O)C1.CS(=O)(=O)N1CCCC(O)C1. The maximum atomic E-state index is 10.9. The molecule has 2 saturated heterocycles. The molecule has 0 spiro atoms. The summed E-state index contributed by atoms with van der Waals surface area (Å²) in [5.74, 6) is 0.633. The third-order valence-corrected chi connectivity index (χ3v) is 13.8. The van der Waals surface area contributed by atoms with Gasteiger partial charge in [-0.3, -0.25) is 0 Å². The number of nitrogen functional groups attached to an aromatic ring is 2. The summed E-state index contributed by atoms with van der Waals surface area (Å²) in [6.07, 6.45) is 13.3. The molecule has 1 aliphatic carbocycles. The topological polar surface area (TPSA) is 251 Å². The maximum absolute atomic E-state index is 10.9. The molecule has 0 bridgehead atoms. The lowest BCUT2D eigenvalue weighted by Crippen LogP contribution is -2.41. The maximum Gasteiger partial charge on any atom is 0.238 e. The number of hydrogen-bond donors (Lipinski definition) is 4. The average molecular weight is 859 g/mol. The smallest absolute Gasteiger partial charge is 0.238 e. The van der Waals surface area contributed by atoms with Crippen LogP contribution in [0.1, 0.15) is 101 Å². The summed E-state index contributed by atoms with van der Waals surface area (Å²) in [6, 6.07) is 4.15. The highest BCUT2D eigenvalue weighted by Crippen LogP contribution is 2.47. The van der Waals surface area contributed by atoms with E-state index in [0.717, 1.165) is 36.9 Å². The van der Waals surface area contributed by atoms with Crippen molar-refractivity contribution in [2.45, 2.75) is 102 Å². The first-order chi connectivity index (χ1) is 26.3. The van der Waals surface area contributed by atoms with Crippen molar-refractivity contribution in [3.63, 3.8) is 0 Å². The molecule has 6 N–H and O–H groups in total. The molecule has 2 aliphatic heterocycles. The molecule has 21 heteroatoms. The van der Waals surface area contributed by atoms with Crippen molar-refractivity contribution in [1.29, 1.82) is 5.26 Å². The highest BCUT2D eigenvalue weighted by Gasteiger charge is 2.40. The van der Waals surface area contributed by atoms with Gasteiger partial charge in [-0.2, -0.15) is 13.9 Å². The van der Waals surface area contributed by atoms with Crippen LogP contribution >= 0.6 is 23.2 Å². The molecule has 7 rings (SSSR count). The summed E-state index contributed by atoms with van der Waals surface area (Å²) in [7, 11) is -6.17. The van der Waals surface area contributed by atoms with Crippen LogP contribution in [0, 0.1) is 11.3 Å². The number of nitrogens with two attached hydrogens (primary N) is 2. The number of piperidine rings is 2. The van der Waals surface area contributed by atoms with Gasteiger partial charge in [-0.05, 0) is 63.4 Å². The van der Waals surface area contributed by atoms with E-state index in [1.165, 1.54) is 52.3 Å². The number of halogens is 2. The number of aliphatic hydroxyl groups excluding tert-OH is 2. The molecule has 6 heterocycles. The fraction of sp³-hybridized carbons (Fsp3) is 0.629. The number of β-amino-alcohol motifs (C(OH)–C–C–N with tert-alkyl or cyclic N) is 2. The van der Waals surface area contributed by atoms with Crippen molar-refractivity contribution >= 4 is 66.2 Å².